The SMILES string of the molecule is O=C(OCCC1NCc2ccccc21)C1=C(C(F)(F)F)NC(C(F)(F)F)=C(C(=O)OCCC2NCc3ccccc32)C1c1cccc([N+](=O)[O-])c1. The lowest BCUT2D eigenvalue weighted by atomic mass is 9.79. The molecule has 0 amide bonds. The summed E-state index contributed by atoms with van der Waals surface area (Å²) in [7, 11) is 0. The average Bonchev–Trinajstić information content (AvgIpc) is 3.70. The summed E-state index contributed by atoms with van der Waals surface area (Å²) in [5, 5.41) is 19.3. The molecule has 51 heavy (non-hydrogen) atoms. The maximum absolute atomic E-state index is 14.6. The van der Waals surface area contributed by atoms with E-state index in [0.717, 1.165) is 40.5 Å². The van der Waals surface area contributed by atoms with E-state index in [4.69, 9.17) is 9.47 Å². The number of fused-ring (bicyclic) bond motifs is 2. The first kappa shape index (κ1) is 35.6. The molecule has 3 aromatic rings. The third-order valence-electron chi connectivity index (χ3n) is 9.01. The van der Waals surface area contributed by atoms with Gasteiger partial charge in [-0.25, -0.2) is 9.59 Å². The summed E-state index contributed by atoms with van der Waals surface area (Å²) in [5.41, 5.74) is -4.56. The van der Waals surface area contributed by atoms with Gasteiger partial charge in [0.1, 0.15) is 11.4 Å². The minimum atomic E-state index is -5.59. The van der Waals surface area contributed by atoms with Crippen LogP contribution in [0.15, 0.2) is 95.3 Å². The monoisotopic (exact) mass is 716 g/mol. The summed E-state index contributed by atoms with van der Waals surface area (Å²) in [4.78, 5) is 38.1. The third-order valence-corrected chi connectivity index (χ3v) is 9.01. The third kappa shape index (κ3) is 7.46. The second kappa shape index (κ2) is 14.2. The molecule has 0 saturated heterocycles. The van der Waals surface area contributed by atoms with E-state index in [1.54, 1.807) is 12.1 Å². The number of hydrogen-bond acceptors (Lipinski definition) is 9. The lowest BCUT2D eigenvalue weighted by molar-refractivity contribution is -0.384. The summed E-state index contributed by atoms with van der Waals surface area (Å²) in [6.07, 6.45) is -11.0. The van der Waals surface area contributed by atoms with Crippen molar-refractivity contribution in [2.24, 2.45) is 0 Å². The van der Waals surface area contributed by atoms with Crippen molar-refractivity contribution in [2.45, 2.75) is 56.3 Å². The molecule has 3 aliphatic heterocycles. The van der Waals surface area contributed by atoms with Crippen LogP contribution in [0.2, 0.25) is 0 Å². The highest BCUT2D eigenvalue weighted by Gasteiger charge is 2.53. The zero-order chi connectivity index (χ0) is 36.5. The highest BCUT2D eigenvalue weighted by Crippen LogP contribution is 2.47. The van der Waals surface area contributed by atoms with E-state index < -0.39 is 82.1 Å². The fourth-order valence-corrected chi connectivity index (χ4v) is 6.70. The van der Waals surface area contributed by atoms with Gasteiger partial charge in [0.25, 0.3) is 5.69 Å². The van der Waals surface area contributed by atoms with Gasteiger partial charge in [-0.3, -0.25) is 10.1 Å². The summed E-state index contributed by atoms with van der Waals surface area (Å²) in [6.45, 7) is 0.0900. The first-order valence-corrected chi connectivity index (χ1v) is 15.8. The van der Waals surface area contributed by atoms with Crippen molar-refractivity contribution < 1.29 is 50.3 Å². The summed E-state index contributed by atoms with van der Waals surface area (Å²) >= 11 is 0. The Labute approximate surface area is 286 Å². The molecule has 3 N–H and O–H groups in total. The molecule has 3 heterocycles. The maximum atomic E-state index is 14.6. The van der Waals surface area contributed by atoms with Gasteiger partial charge in [0.2, 0.25) is 0 Å². The maximum Gasteiger partial charge on any atom is 0.431 e. The fraction of sp³-hybridized carbons (Fsp3) is 0.314. The van der Waals surface area contributed by atoms with Gasteiger partial charge in [-0.05, 0) is 27.8 Å². The Balaban J connectivity index is 1.35. The number of allylic oxidation sites excluding steroid dienone is 2. The number of alkyl halides is 6. The molecule has 2 atom stereocenters. The molecule has 0 radical (unpaired) electrons. The predicted molar refractivity (Wildman–Crippen MR) is 168 cm³/mol. The Hall–Kier alpha value is -5.22. The number of rotatable bonds is 10. The number of dihydropyridines is 1. The number of esters is 2. The number of ether oxygens (including phenoxy) is 2. The highest BCUT2D eigenvalue weighted by molar-refractivity contribution is 6.00. The van der Waals surface area contributed by atoms with Crippen LogP contribution in [0.4, 0.5) is 32.0 Å². The zero-order valence-electron chi connectivity index (χ0n) is 26.6. The van der Waals surface area contributed by atoms with E-state index in [9.17, 15) is 46.0 Å². The molecular weight excluding hydrogens is 686 g/mol. The lowest BCUT2D eigenvalue weighted by Crippen LogP contribution is -2.43. The molecule has 16 heteroatoms. The van der Waals surface area contributed by atoms with Crippen LogP contribution in [-0.2, 0) is 32.2 Å². The fourth-order valence-electron chi connectivity index (χ4n) is 6.70. The van der Waals surface area contributed by atoms with Crippen LogP contribution in [0.3, 0.4) is 0 Å². The van der Waals surface area contributed by atoms with Gasteiger partial charge in [-0.2, -0.15) is 26.3 Å². The van der Waals surface area contributed by atoms with E-state index in [1.165, 1.54) is 5.32 Å². The van der Waals surface area contributed by atoms with Crippen molar-refractivity contribution in [3.63, 3.8) is 0 Å². The summed E-state index contributed by atoms with van der Waals surface area (Å²) in [5.74, 6) is -5.76. The number of benzene rings is 3. The number of nitro benzene ring substituents is 1. The van der Waals surface area contributed by atoms with Gasteiger partial charge in [-0.15, -0.1) is 0 Å². The molecule has 3 aliphatic rings. The predicted octanol–water partition coefficient (Wildman–Crippen LogP) is 6.47. The molecule has 3 aromatic carbocycles. The van der Waals surface area contributed by atoms with Crippen molar-refractivity contribution in [1.82, 2.24) is 16.0 Å². The molecule has 10 nitrogen and oxygen atoms in total. The van der Waals surface area contributed by atoms with E-state index in [0.29, 0.717) is 19.2 Å². The molecule has 0 saturated carbocycles. The lowest BCUT2D eigenvalue weighted by Gasteiger charge is -2.33. The smallest absolute Gasteiger partial charge is 0.431 e. The van der Waals surface area contributed by atoms with Crippen LogP contribution in [-0.4, -0.2) is 42.4 Å². The molecule has 2 unspecified atom stereocenters. The standard InChI is InChI=1S/C35H30F6N4O6/c36-34(37,38)30-28(32(46)50-14-12-25-23-10-3-1-6-20(23)17-42-25)27(19-8-5-9-22(16-19)45(48)49)29(31(44-30)35(39,40)41)33(47)51-15-13-26-24-11-4-2-7-21(24)18-43-26/h1-11,16,25-27,42-44H,12-15,17-18H2. The molecule has 0 aromatic heterocycles. The van der Waals surface area contributed by atoms with Crippen molar-refractivity contribution in [1.29, 1.82) is 0 Å². The molecule has 6 rings (SSSR count). The van der Waals surface area contributed by atoms with Crippen LogP contribution in [0.1, 0.15) is 58.7 Å². The minimum absolute atomic E-state index is 0.100. The van der Waals surface area contributed by atoms with E-state index in [2.05, 4.69) is 10.6 Å². The molecule has 268 valence electrons. The van der Waals surface area contributed by atoms with Gasteiger partial charge in [0, 0.05) is 50.1 Å². The molecule has 0 aliphatic carbocycles. The van der Waals surface area contributed by atoms with Gasteiger partial charge in [0.15, 0.2) is 0 Å². The molecular formula is C35H30F6N4O6. The quantitative estimate of drug-likeness (QED) is 0.0936. The number of nitrogens with zero attached hydrogens (tertiary/aromatic N) is 1. The first-order valence-electron chi connectivity index (χ1n) is 15.8. The number of nitrogens with one attached hydrogen (secondary N) is 3. The number of nitro groups is 1. The van der Waals surface area contributed by atoms with Crippen LogP contribution >= 0.6 is 0 Å². The highest BCUT2D eigenvalue weighted by atomic mass is 19.4. The van der Waals surface area contributed by atoms with E-state index in [1.807, 2.05) is 36.4 Å². The average molecular weight is 717 g/mol. The Kier molecular flexibility index (Phi) is 9.90. The molecule has 0 spiro atoms. The van der Waals surface area contributed by atoms with Crippen molar-refractivity contribution >= 4 is 17.6 Å². The van der Waals surface area contributed by atoms with Crippen molar-refractivity contribution in [3.05, 3.63) is 133 Å². The minimum Gasteiger partial charge on any atom is -0.462 e. The second-order valence-corrected chi connectivity index (χ2v) is 12.1. The molecule has 0 fully saturated rings. The Morgan fingerprint density at radius 1 is 0.725 bits per heavy atom. The number of halogens is 6. The van der Waals surface area contributed by atoms with Gasteiger partial charge in [-0.1, -0.05) is 60.7 Å². The number of carbonyl (C=O) groups is 2. The number of hydrogen-bond donors (Lipinski definition) is 3. The number of non-ortho nitro benzene ring substituents is 1. The van der Waals surface area contributed by atoms with Crippen LogP contribution in [0.25, 0.3) is 0 Å². The van der Waals surface area contributed by atoms with Crippen LogP contribution < -0.4 is 16.0 Å². The van der Waals surface area contributed by atoms with Gasteiger partial charge in [0.05, 0.1) is 35.2 Å². The Bertz CT molecular complexity index is 1820. The van der Waals surface area contributed by atoms with E-state index >= 15 is 0 Å². The normalized spacial score (nSPS) is 20.1. The zero-order valence-corrected chi connectivity index (χ0v) is 26.6. The van der Waals surface area contributed by atoms with Crippen LogP contribution in [0, 0.1) is 10.1 Å². The summed E-state index contributed by atoms with van der Waals surface area (Å²) in [6, 6.07) is 17.7. The molecule has 0 bridgehead atoms. The second-order valence-electron chi connectivity index (χ2n) is 12.1. The Morgan fingerprint density at radius 2 is 1.20 bits per heavy atom. The Morgan fingerprint density at radius 3 is 1.65 bits per heavy atom. The number of carbonyl (C=O) groups excluding carboxylic acids is 2. The largest absolute Gasteiger partial charge is 0.462 e. The summed E-state index contributed by atoms with van der Waals surface area (Å²) < 4.78 is 98.2. The van der Waals surface area contributed by atoms with Crippen molar-refractivity contribution in [3.8, 4) is 0 Å². The van der Waals surface area contributed by atoms with E-state index in [-0.39, 0.29) is 24.9 Å². The van der Waals surface area contributed by atoms with Gasteiger partial charge < -0.3 is 25.4 Å². The van der Waals surface area contributed by atoms with Crippen LogP contribution in [0.5, 0.6) is 0 Å². The first-order chi connectivity index (χ1) is 24.2. The topological polar surface area (TPSA) is 132 Å². The van der Waals surface area contributed by atoms with Gasteiger partial charge >= 0.3 is 24.3 Å². The van der Waals surface area contributed by atoms with Crippen molar-refractivity contribution in [2.75, 3.05) is 13.2 Å².